The van der Waals surface area contributed by atoms with Crippen molar-refractivity contribution in [1.82, 2.24) is 10.2 Å². The summed E-state index contributed by atoms with van der Waals surface area (Å²) in [6, 6.07) is 4.97. The number of nitrogens with one attached hydrogen (secondary N) is 1. The van der Waals surface area contributed by atoms with Crippen molar-refractivity contribution in [1.29, 1.82) is 0 Å². The summed E-state index contributed by atoms with van der Waals surface area (Å²) in [5, 5.41) is 3.14. The highest BCUT2D eigenvalue weighted by Gasteiger charge is 2.27. The molecule has 3 nitrogen and oxygen atoms in total. The van der Waals surface area contributed by atoms with E-state index >= 15 is 0 Å². The summed E-state index contributed by atoms with van der Waals surface area (Å²) in [4.78, 5) is 13.8. The number of likely N-dealkylation sites (N-methyl/N-ethyl adjacent to an activating group) is 1. The molecule has 0 saturated carbocycles. The maximum Gasteiger partial charge on any atom is 0.256 e. The van der Waals surface area contributed by atoms with Gasteiger partial charge in [0.05, 0.1) is 5.56 Å². The second-order valence-corrected chi connectivity index (χ2v) is 4.51. The molecule has 1 saturated heterocycles. The summed E-state index contributed by atoms with van der Waals surface area (Å²) < 4.78 is 13.6. The fraction of sp³-hybridized carbons (Fsp3) is 0.462. The van der Waals surface area contributed by atoms with E-state index in [1.807, 2.05) is 14.0 Å². The van der Waals surface area contributed by atoms with E-state index in [0.29, 0.717) is 19.1 Å². The molecular formula is C13H17FN2O. The number of carbonyl (C=O) groups excluding carboxylic acids is 1. The van der Waals surface area contributed by atoms with Gasteiger partial charge >= 0.3 is 0 Å². The number of benzene rings is 1. The smallest absolute Gasteiger partial charge is 0.256 e. The van der Waals surface area contributed by atoms with E-state index in [1.165, 1.54) is 6.07 Å². The Morgan fingerprint density at radius 3 is 2.94 bits per heavy atom. The Labute approximate surface area is 101 Å². The van der Waals surface area contributed by atoms with Crippen LogP contribution in [-0.4, -0.2) is 37.0 Å². The first-order valence-corrected chi connectivity index (χ1v) is 5.84. The van der Waals surface area contributed by atoms with Crippen molar-refractivity contribution in [2.75, 3.05) is 20.1 Å². The van der Waals surface area contributed by atoms with Gasteiger partial charge in [-0.25, -0.2) is 4.39 Å². The van der Waals surface area contributed by atoms with Gasteiger partial charge in [-0.2, -0.15) is 0 Å². The van der Waals surface area contributed by atoms with Crippen molar-refractivity contribution in [3.63, 3.8) is 0 Å². The van der Waals surface area contributed by atoms with Gasteiger partial charge in [-0.3, -0.25) is 4.79 Å². The van der Waals surface area contributed by atoms with Crippen LogP contribution in [0.4, 0.5) is 4.39 Å². The number of carbonyl (C=O) groups is 1. The van der Waals surface area contributed by atoms with Crippen molar-refractivity contribution in [3.05, 3.63) is 35.1 Å². The number of halogens is 1. The fourth-order valence-electron chi connectivity index (χ4n) is 2.15. The number of likely N-dealkylation sites (tertiary alicyclic amines) is 1. The van der Waals surface area contributed by atoms with Crippen molar-refractivity contribution in [3.8, 4) is 0 Å². The zero-order valence-electron chi connectivity index (χ0n) is 10.2. The molecule has 1 fully saturated rings. The summed E-state index contributed by atoms with van der Waals surface area (Å²) >= 11 is 0. The molecule has 1 aromatic carbocycles. The van der Waals surface area contributed by atoms with Crippen LogP contribution < -0.4 is 5.32 Å². The maximum atomic E-state index is 13.6. The topological polar surface area (TPSA) is 32.3 Å². The minimum absolute atomic E-state index is 0.182. The van der Waals surface area contributed by atoms with E-state index in [0.717, 1.165) is 12.0 Å². The molecule has 1 amide bonds. The lowest BCUT2D eigenvalue weighted by Gasteiger charge is -2.17. The summed E-state index contributed by atoms with van der Waals surface area (Å²) in [6.07, 6.45) is 0.926. The van der Waals surface area contributed by atoms with E-state index < -0.39 is 5.82 Å². The number of amides is 1. The van der Waals surface area contributed by atoms with E-state index in [9.17, 15) is 9.18 Å². The van der Waals surface area contributed by atoms with Crippen molar-refractivity contribution in [2.24, 2.45) is 0 Å². The number of aryl methyl sites for hydroxylation is 1. The Hall–Kier alpha value is -1.42. The van der Waals surface area contributed by atoms with Crippen molar-refractivity contribution >= 4 is 5.91 Å². The Kier molecular flexibility index (Phi) is 3.43. The normalized spacial score (nSPS) is 19.7. The highest BCUT2D eigenvalue weighted by Crippen LogP contribution is 2.17. The zero-order valence-corrected chi connectivity index (χ0v) is 10.2. The van der Waals surface area contributed by atoms with Gasteiger partial charge < -0.3 is 10.2 Å². The largest absolute Gasteiger partial charge is 0.337 e. The molecule has 17 heavy (non-hydrogen) atoms. The minimum Gasteiger partial charge on any atom is -0.337 e. The summed E-state index contributed by atoms with van der Waals surface area (Å²) in [5.41, 5.74) is 1.08. The molecular weight excluding hydrogens is 219 g/mol. The lowest BCUT2D eigenvalue weighted by Crippen LogP contribution is -2.33. The van der Waals surface area contributed by atoms with Crippen LogP contribution in [-0.2, 0) is 0 Å². The highest BCUT2D eigenvalue weighted by atomic mass is 19.1. The Morgan fingerprint density at radius 1 is 1.53 bits per heavy atom. The average molecular weight is 236 g/mol. The lowest BCUT2D eigenvalue weighted by molar-refractivity contribution is 0.0785. The standard InChI is InChI=1S/C13H17FN2O/c1-9-3-4-12(14)11(7-9)13(17)16-6-5-10(8-16)15-2/h3-4,7,10,15H,5-6,8H2,1-2H3. The molecule has 92 valence electrons. The van der Waals surface area contributed by atoms with Crippen LogP contribution in [0.25, 0.3) is 0 Å². The molecule has 1 aromatic rings. The van der Waals surface area contributed by atoms with Crippen molar-refractivity contribution < 1.29 is 9.18 Å². The van der Waals surface area contributed by atoms with Crippen LogP contribution in [0.1, 0.15) is 22.3 Å². The number of hydrogen-bond acceptors (Lipinski definition) is 2. The van der Waals surface area contributed by atoms with E-state index in [-0.39, 0.29) is 11.5 Å². The monoisotopic (exact) mass is 236 g/mol. The summed E-state index contributed by atoms with van der Waals surface area (Å²) in [6.45, 7) is 3.21. The third-order valence-electron chi connectivity index (χ3n) is 3.24. The van der Waals surface area contributed by atoms with Crippen LogP contribution in [0.5, 0.6) is 0 Å². The molecule has 0 spiro atoms. The van der Waals surface area contributed by atoms with Crippen molar-refractivity contribution in [2.45, 2.75) is 19.4 Å². The third-order valence-corrected chi connectivity index (χ3v) is 3.24. The predicted octanol–water partition coefficient (Wildman–Crippen LogP) is 1.57. The Balaban J connectivity index is 2.17. The quantitative estimate of drug-likeness (QED) is 0.845. The summed E-state index contributed by atoms with van der Waals surface area (Å²) in [7, 11) is 1.88. The fourth-order valence-corrected chi connectivity index (χ4v) is 2.15. The second kappa shape index (κ2) is 4.84. The maximum absolute atomic E-state index is 13.6. The first-order chi connectivity index (χ1) is 8.11. The van der Waals surface area contributed by atoms with Crippen LogP contribution in [0.3, 0.4) is 0 Å². The Morgan fingerprint density at radius 2 is 2.29 bits per heavy atom. The van der Waals surface area contributed by atoms with Gasteiger partial charge in [0.1, 0.15) is 5.82 Å². The van der Waals surface area contributed by atoms with Gasteiger partial charge in [-0.1, -0.05) is 11.6 Å². The van der Waals surface area contributed by atoms with Gasteiger partial charge in [-0.15, -0.1) is 0 Å². The van der Waals surface area contributed by atoms with Gasteiger partial charge in [0.15, 0.2) is 0 Å². The van der Waals surface area contributed by atoms with E-state index in [1.54, 1.807) is 17.0 Å². The SMILES string of the molecule is CNC1CCN(C(=O)c2cc(C)ccc2F)C1. The zero-order chi connectivity index (χ0) is 12.4. The lowest BCUT2D eigenvalue weighted by atomic mass is 10.1. The molecule has 1 unspecified atom stereocenters. The third kappa shape index (κ3) is 2.47. The number of hydrogen-bond donors (Lipinski definition) is 1. The van der Waals surface area contributed by atoms with Crippen LogP contribution >= 0.6 is 0 Å². The molecule has 1 heterocycles. The number of rotatable bonds is 2. The molecule has 0 aliphatic carbocycles. The molecule has 1 atom stereocenters. The highest BCUT2D eigenvalue weighted by molar-refractivity contribution is 5.94. The van der Waals surface area contributed by atoms with Gasteiger partial charge in [0.25, 0.3) is 5.91 Å². The summed E-state index contributed by atoms with van der Waals surface area (Å²) in [5.74, 6) is -0.641. The molecule has 0 radical (unpaired) electrons. The molecule has 0 bridgehead atoms. The van der Waals surface area contributed by atoms with E-state index in [2.05, 4.69) is 5.32 Å². The van der Waals surface area contributed by atoms with Crippen LogP contribution in [0.2, 0.25) is 0 Å². The molecule has 1 aliphatic rings. The van der Waals surface area contributed by atoms with Crippen LogP contribution in [0.15, 0.2) is 18.2 Å². The van der Waals surface area contributed by atoms with E-state index in [4.69, 9.17) is 0 Å². The first-order valence-electron chi connectivity index (χ1n) is 5.84. The van der Waals surface area contributed by atoms with Gasteiger partial charge in [-0.05, 0) is 32.5 Å². The predicted molar refractivity (Wildman–Crippen MR) is 64.5 cm³/mol. The minimum atomic E-state index is -0.437. The molecule has 0 aromatic heterocycles. The van der Waals surface area contributed by atoms with Gasteiger partial charge in [0.2, 0.25) is 0 Å². The first kappa shape index (κ1) is 12.0. The second-order valence-electron chi connectivity index (χ2n) is 4.51. The number of nitrogens with zero attached hydrogens (tertiary/aromatic N) is 1. The molecule has 4 heteroatoms. The van der Waals surface area contributed by atoms with Crippen LogP contribution in [0, 0.1) is 12.7 Å². The molecule has 1 aliphatic heterocycles. The van der Waals surface area contributed by atoms with Gasteiger partial charge in [0, 0.05) is 19.1 Å². The Bertz CT molecular complexity index is 433. The molecule has 1 N–H and O–H groups in total. The average Bonchev–Trinajstić information content (AvgIpc) is 2.80. The molecule has 2 rings (SSSR count).